The molecule has 3 rings (SSSR count). The van der Waals surface area contributed by atoms with Gasteiger partial charge in [-0.25, -0.2) is 0 Å². The maximum Gasteiger partial charge on any atom is 0.0688 e. The molecule has 3 aromatic rings. The van der Waals surface area contributed by atoms with Crippen molar-refractivity contribution in [2.45, 2.75) is 6.61 Å². The van der Waals surface area contributed by atoms with Crippen molar-refractivity contribution in [3.05, 3.63) is 64.9 Å². The summed E-state index contributed by atoms with van der Waals surface area (Å²) in [6, 6.07) is 14.2. The standard InChI is InChI=1S/C16H13BrN2O/c17-15-4-1-11(2-5-15)16-6-3-12(7-13(16)10-20)14-8-18-19-9-14/h1-9,20H,10H2,(H,18,19). The van der Waals surface area contributed by atoms with E-state index in [2.05, 4.69) is 26.1 Å². The van der Waals surface area contributed by atoms with Gasteiger partial charge in [0.2, 0.25) is 0 Å². The summed E-state index contributed by atoms with van der Waals surface area (Å²) >= 11 is 3.43. The molecule has 0 radical (unpaired) electrons. The molecule has 0 amide bonds. The number of benzene rings is 2. The lowest BCUT2D eigenvalue weighted by Crippen LogP contribution is -1.90. The average Bonchev–Trinajstić information content (AvgIpc) is 3.02. The molecule has 0 unspecified atom stereocenters. The largest absolute Gasteiger partial charge is 0.392 e. The molecule has 20 heavy (non-hydrogen) atoms. The maximum atomic E-state index is 9.62. The Kier molecular flexibility index (Phi) is 3.67. The van der Waals surface area contributed by atoms with E-state index in [1.54, 1.807) is 6.20 Å². The van der Waals surface area contributed by atoms with E-state index < -0.39 is 0 Å². The molecule has 2 aromatic carbocycles. The molecule has 1 aromatic heterocycles. The van der Waals surface area contributed by atoms with E-state index >= 15 is 0 Å². The van der Waals surface area contributed by atoms with Crippen molar-refractivity contribution in [1.82, 2.24) is 10.2 Å². The first-order valence-electron chi connectivity index (χ1n) is 6.27. The van der Waals surface area contributed by atoms with Gasteiger partial charge in [0, 0.05) is 16.2 Å². The molecule has 0 atom stereocenters. The summed E-state index contributed by atoms with van der Waals surface area (Å²) in [5, 5.41) is 16.4. The molecule has 2 N–H and O–H groups in total. The number of H-pyrrole nitrogens is 1. The molecule has 0 aliphatic rings. The average molecular weight is 329 g/mol. The third-order valence-electron chi connectivity index (χ3n) is 3.26. The molecule has 0 aliphatic carbocycles. The van der Waals surface area contributed by atoms with Crippen LogP contribution in [0.1, 0.15) is 5.56 Å². The van der Waals surface area contributed by atoms with Crippen LogP contribution < -0.4 is 0 Å². The Balaban J connectivity index is 2.06. The molecule has 0 spiro atoms. The number of aromatic amines is 1. The molecule has 3 nitrogen and oxygen atoms in total. The van der Waals surface area contributed by atoms with Gasteiger partial charge < -0.3 is 5.11 Å². The Morgan fingerprint density at radius 3 is 2.40 bits per heavy atom. The van der Waals surface area contributed by atoms with Crippen LogP contribution in [0.2, 0.25) is 0 Å². The summed E-state index contributed by atoms with van der Waals surface area (Å²) in [7, 11) is 0. The third kappa shape index (κ3) is 2.53. The SMILES string of the molecule is OCc1cc(-c2cn[nH]c2)ccc1-c1ccc(Br)cc1. The molecule has 100 valence electrons. The number of nitrogens with zero attached hydrogens (tertiary/aromatic N) is 1. The van der Waals surface area contributed by atoms with Crippen molar-refractivity contribution in [3.63, 3.8) is 0 Å². The van der Waals surface area contributed by atoms with Crippen LogP contribution in [0.15, 0.2) is 59.3 Å². The van der Waals surface area contributed by atoms with E-state index in [1.165, 1.54) is 0 Å². The van der Waals surface area contributed by atoms with E-state index in [9.17, 15) is 5.11 Å². The molecule has 0 saturated heterocycles. The fourth-order valence-electron chi connectivity index (χ4n) is 2.22. The quantitative estimate of drug-likeness (QED) is 0.763. The van der Waals surface area contributed by atoms with Crippen molar-refractivity contribution in [1.29, 1.82) is 0 Å². The number of aromatic nitrogens is 2. The Morgan fingerprint density at radius 2 is 1.75 bits per heavy atom. The monoisotopic (exact) mass is 328 g/mol. The highest BCUT2D eigenvalue weighted by atomic mass is 79.9. The Bertz CT molecular complexity index is 706. The van der Waals surface area contributed by atoms with Crippen LogP contribution in [-0.4, -0.2) is 15.3 Å². The number of halogens is 1. The van der Waals surface area contributed by atoms with Crippen LogP contribution in [0.3, 0.4) is 0 Å². The molecule has 1 heterocycles. The van der Waals surface area contributed by atoms with Gasteiger partial charge >= 0.3 is 0 Å². The van der Waals surface area contributed by atoms with E-state index in [-0.39, 0.29) is 6.61 Å². The normalized spacial score (nSPS) is 10.7. The second-order valence-electron chi connectivity index (χ2n) is 4.52. The van der Waals surface area contributed by atoms with Gasteiger partial charge in [-0.2, -0.15) is 5.10 Å². The third-order valence-corrected chi connectivity index (χ3v) is 3.79. The zero-order valence-electron chi connectivity index (χ0n) is 10.7. The minimum absolute atomic E-state index is 0.0110. The first kappa shape index (κ1) is 13.1. The maximum absolute atomic E-state index is 9.62. The first-order valence-corrected chi connectivity index (χ1v) is 7.06. The highest BCUT2D eigenvalue weighted by Gasteiger charge is 2.07. The number of hydrogen-bond donors (Lipinski definition) is 2. The Morgan fingerprint density at radius 1 is 1.00 bits per heavy atom. The fraction of sp³-hybridized carbons (Fsp3) is 0.0625. The van der Waals surface area contributed by atoms with E-state index in [4.69, 9.17) is 0 Å². The van der Waals surface area contributed by atoms with Crippen molar-refractivity contribution in [3.8, 4) is 22.3 Å². The van der Waals surface area contributed by atoms with Crippen LogP contribution in [0.4, 0.5) is 0 Å². The lowest BCUT2D eigenvalue weighted by molar-refractivity contribution is 0.282. The van der Waals surface area contributed by atoms with Crippen molar-refractivity contribution in [2.75, 3.05) is 0 Å². The summed E-state index contributed by atoms with van der Waals surface area (Å²) in [5.74, 6) is 0. The summed E-state index contributed by atoms with van der Waals surface area (Å²) in [6.45, 7) is 0.0110. The highest BCUT2D eigenvalue weighted by Crippen LogP contribution is 2.29. The van der Waals surface area contributed by atoms with Crippen LogP contribution >= 0.6 is 15.9 Å². The molecule has 0 fully saturated rings. The number of rotatable bonds is 3. The molecular weight excluding hydrogens is 316 g/mol. The van der Waals surface area contributed by atoms with Gasteiger partial charge in [-0.3, -0.25) is 5.10 Å². The summed E-state index contributed by atoms with van der Waals surface area (Å²) in [4.78, 5) is 0. The zero-order chi connectivity index (χ0) is 13.9. The van der Waals surface area contributed by atoms with Crippen LogP contribution in [0.25, 0.3) is 22.3 Å². The molecular formula is C16H13BrN2O. The topological polar surface area (TPSA) is 48.9 Å². The second kappa shape index (κ2) is 5.61. The predicted octanol–water partition coefficient (Wildman–Crippen LogP) is 4.00. The lowest BCUT2D eigenvalue weighted by atomic mass is 9.96. The van der Waals surface area contributed by atoms with Gasteiger partial charge in [-0.1, -0.05) is 40.2 Å². The van der Waals surface area contributed by atoms with Gasteiger partial charge in [0.25, 0.3) is 0 Å². The molecule has 0 aliphatic heterocycles. The van der Waals surface area contributed by atoms with Crippen LogP contribution in [0.5, 0.6) is 0 Å². The Labute approximate surface area is 125 Å². The Hall–Kier alpha value is -1.91. The zero-order valence-corrected chi connectivity index (χ0v) is 12.3. The smallest absolute Gasteiger partial charge is 0.0688 e. The van der Waals surface area contributed by atoms with Crippen molar-refractivity contribution in [2.24, 2.45) is 0 Å². The molecule has 0 saturated carbocycles. The minimum atomic E-state index is 0.0110. The van der Waals surface area contributed by atoms with E-state index in [1.807, 2.05) is 48.7 Å². The molecule has 0 bridgehead atoms. The predicted molar refractivity (Wildman–Crippen MR) is 83.1 cm³/mol. The number of aliphatic hydroxyl groups excluding tert-OH is 1. The summed E-state index contributed by atoms with van der Waals surface area (Å²) < 4.78 is 1.04. The van der Waals surface area contributed by atoms with Gasteiger partial charge in [-0.05, 0) is 40.5 Å². The summed E-state index contributed by atoms with van der Waals surface area (Å²) in [6.07, 6.45) is 3.62. The minimum Gasteiger partial charge on any atom is -0.392 e. The highest BCUT2D eigenvalue weighted by molar-refractivity contribution is 9.10. The van der Waals surface area contributed by atoms with E-state index in [0.717, 1.165) is 32.3 Å². The van der Waals surface area contributed by atoms with Gasteiger partial charge in [0.05, 0.1) is 12.8 Å². The van der Waals surface area contributed by atoms with Crippen LogP contribution in [-0.2, 0) is 6.61 Å². The van der Waals surface area contributed by atoms with E-state index in [0.29, 0.717) is 0 Å². The van der Waals surface area contributed by atoms with Gasteiger partial charge in [0.1, 0.15) is 0 Å². The second-order valence-corrected chi connectivity index (χ2v) is 5.44. The number of hydrogen-bond acceptors (Lipinski definition) is 2. The number of nitrogens with one attached hydrogen (secondary N) is 1. The van der Waals surface area contributed by atoms with Crippen LogP contribution in [0, 0.1) is 0 Å². The lowest BCUT2D eigenvalue weighted by Gasteiger charge is -2.10. The first-order chi connectivity index (χ1) is 9.78. The summed E-state index contributed by atoms with van der Waals surface area (Å²) in [5.41, 5.74) is 5.11. The number of aliphatic hydroxyl groups is 1. The fourth-order valence-corrected chi connectivity index (χ4v) is 2.49. The van der Waals surface area contributed by atoms with Crippen molar-refractivity contribution < 1.29 is 5.11 Å². The van der Waals surface area contributed by atoms with Gasteiger partial charge in [0.15, 0.2) is 0 Å². The van der Waals surface area contributed by atoms with Crippen molar-refractivity contribution >= 4 is 15.9 Å². The molecule has 4 heteroatoms. The van der Waals surface area contributed by atoms with Gasteiger partial charge in [-0.15, -0.1) is 0 Å².